The van der Waals surface area contributed by atoms with Crippen molar-refractivity contribution in [2.75, 3.05) is 19.7 Å². The molecule has 1 aromatic heterocycles. The van der Waals surface area contributed by atoms with E-state index in [0.29, 0.717) is 16.7 Å². The third-order valence-corrected chi connectivity index (χ3v) is 5.38. The predicted octanol–water partition coefficient (Wildman–Crippen LogP) is 3.74. The van der Waals surface area contributed by atoms with Crippen molar-refractivity contribution in [1.29, 1.82) is 0 Å². The molecule has 1 aliphatic heterocycles. The number of hydrogen-bond acceptors (Lipinski definition) is 5. The fraction of sp³-hybridized carbons (Fsp3) is 0.300. The second-order valence-electron chi connectivity index (χ2n) is 6.40. The second-order valence-corrected chi connectivity index (χ2v) is 7.21. The van der Waals surface area contributed by atoms with Gasteiger partial charge in [-0.05, 0) is 23.8 Å². The Bertz CT molecular complexity index is 970. The molecule has 0 spiro atoms. The van der Waals surface area contributed by atoms with Gasteiger partial charge in [-0.1, -0.05) is 47.5 Å². The summed E-state index contributed by atoms with van der Waals surface area (Å²) in [6.07, 6.45) is 2.11. The van der Waals surface area contributed by atoms with E-state index in [4.69, 9.17) is 37.5 Å². The van der Waals surface area contributed by atoms with Crippen molar-refractivity contribution in [3.63, 3.8) is 0 Å². The zero-order valence-electron chi connectivity index (χ0n) is 15.0. The lowest BCUT2D eigenvalue weighted by Gasteiger charge is -2.25. The Hall–Kier alpha value is -2.21. The van der Waals surface area contributed by atoms with Gasteiger partial charge in [-0.2, -0.15) is 14.7 Å². The number of aromatic nitrogens is 2. The van der Waals surface area contributed by atoms with E-state index in [-0.39, 0.29) is 18.2 Å². The van der Waals surface area contributed by atoms with E-state index in [1.165, 1.54) is 0 Å². The van der Waals surface area contributed by atoms with Crippen LogP contribution in [0.1, 0.15) is 11.7 Å². The van der Waals surface area contributed by atoms with Gasteiger partial charge in [-0.3, -0.25) is 4.68 Å². The largest absolute Gasteiger partial charge is 0.373 e. The Morgan fingerprint density at radius 1 is 1.18 bits per heavy atom. The summed E-state index contributed by atoms with van der Waals surface area (Å²) in [5.74, 6) is 0.239. The van der Waals surface area contributed by atoms with Crippen molar-refractivity contribution in [2.24, 2.45) is 5.92 Å². The van der Waals surface area contributed by atoms with E-state index in [1.54, 1.807) is 0 Å². The fourth-order valence-electron chi connectivity index (χ4n) is 3.40. The van der Waals surface area contributed by atoms with Crippen LogP contribution in [0.5, 0.6) is 0 Å². The summed E-state index contributed by atoms with van der Waals surface area (Å²) in [5.41, 5.74) is 2.19. The zero-order valence-corrected chi connectivity index (χ0v) is 16.5. The standard InChI is InChI=1S/C19H19Cl2N3O.CO2/c20-16-6-5-13(9-17(16)21)19-15(10-22-7-8-25-19)12-24-18-4-2-1-3-14(18)11-23-24;2-1-3/h1-6,9,11,15,19,22H,7-8,10,12H2;/t15-,19-;/m0./s1. The van der Waals surface area contributed by atoms with Crippen molar-refractivity contribution in [1.82, 2.24) is 15.1 Å². The molecular formula is C20H19Cl2N3O3. The summed E-state index contributed by atoms with van der Waals surface area (Å²) < 4.78 is 8.21. The third kappa shape index (κ3) is 4.79. The number of rotatable bonds is 3. The quantitative estimate of drug-likeness (QED) is 0.699. The highest BCUT2D eigenvalue weighted by Gasteiger charge is 2.27. The number of halogens is 2. The molecule has 0 amide bonds. The molecule has 1 N–H and O–H groups in total. The van der Waals surface area contributed by atoms with Gasteiger partial charge >= 0.3 is 6.15 Å². The smallest absolute Gasteiger partial charge is 0.372 e. The van der Waals surface area contributed by atoms with Crippen LogP contribution in [0, 0.1) is 5.92 Å². The molecule has 6 nitrogen and oxygen atoms in total. The van der Waals surface area contributed by atoms with Crippen LogP contribution in [-0.2, 0) is 20.9 Å². The molecule has 0 bridgehead atoms. The lowest BCUT2D eigenvalue weighted by molar-refractivity contribution is -0.191. The summed E-state index contributed by atoms with van der Waals surface area (Å²) in [7, 11) is 0. The molecule has 28 heavy (non-hydrogen) atoms. The van der Waals surface area contributed by atoms with Crippen LogP contribution in [0.4, 0.5) is 0 Å². The Labute approximate surface area is 172 Å². The maximum atomic E-state index is 8.12. The van der Waals surface area contributed by atoms with Crippen LogP contribution in [0.2, 0.25) is 10.0 Å². The van der Waals surface area contributed by atoms with Gasteiger partial charge in [0.1, 0.15) is 0 Å². The lowest BCUT2D eigenvalue weighted by atomic mass is 9.95. The number of para-hydroxylation sites is 1. The summed E-state index contributed by atoms with van der Waals surface area (Å²) in [6.45, 7) is 3.14. The summed E-state index contributed by atoms with van der Waals surface area (Å²) in [6, 6.07) is 14.0. The van der Waals surface area contributed by atoms with E-state index in [1.807, 2.05) is 36.5 Å². The van der Waals surface area contributed by atoms with Gasteiger partial charge in [0.2, 0.25) is 0 Å². The monoisotopic (exact) mass is 419 g/mol. The molecule has 0 aliphatic carbocycles. The molecular weight excluding hydrogens is 401 g/mol. The highest BCUT2D eigenvalue weighted by atomic mass is 35.5. The Morgan fingerprint density at radius 2 is 1.96 bits per heavy atom. The molecule has 0 unspecified atom stereocenters. The highest BCUT2D eigenvalue weighted by molar-refractivity contribution is 6.42. The van der Waals surface area contributed by atoms with E-state index in [2.05, 4.69) is 27.2 Å². The fourth-order valence-corrected chi connectivity index (χ4v) is 3.71. The first-order chi connectivity index (χ1) is 13.6. The van der Waals surface area contributed by atoms with E-state index in [0.717, 1.165) is 36.1 Å². The number of carbonyl (C=O) groups excluding carboxylic acids is 2. The molecule has 2 aromatic carbocycles. The van der Waals surface area contributed by atoms with Crippen molar-refractivity contribution in [3.05, 3.63) is 64.3 Å². The maximum absolute atomic E-state index is 8.12. The van der Waals surface area contributed by atoms with Crippen LogP contribution >= 0.6 is 23.2 Å². The molecule has 1 fully saturated rings. The minimum Gasteiger partial charge on any atom is -0.372 e. The van der Waals surface area contributed by atoms with Crippen molar-refractivity contribution < 1.29 is 14.3 Å². The van der Waals surface area contributed by atoms with Gasteiger partial charge in [0.25, 0.3) is 0 Å². The summed E-state index contributed by atoms with van der Waals surface area (Å²) in [4.78, 5) is 16.2. The average Bonchev–Trinajstić information content (AvgIpc) is 2.95. The predicted molar refractivity (Wildman–Crippen MR) is 106 cm³/mol. The molecule has 1 saturated heterocycles. The van der Waals surface area contributed by atoms with Crippen LogP contribution in [0.15, 0.2) is 48.7 Å². The van der Waals surface area contributed by atoms with Crippen LogP contribution in [0.3, 0.4) is 0 Å². The molecule has 0 radical (unpaired) electrons. The third-order valence-electron chi connectivity index (χ3n) is 4.64. The topological polar surface area (TPSA) is 73.2 Å². The Kier molecular flexibility index (Phi) is 7.20. The number of nitrogens with zero attached hydrogens (tertiary/aromatic N) is 2. The first-order valence-electron chi connectivity index (χ1n) is 8.81. The lowest BCUT2D eigenvalue weighted by Crippen LogP contribution is -2.28. The highest BCUT2D eigenvalue weighted by Crippen LogP contribution is 2.33. The van der Waals surface area contributed by atoms with Crippen LogP contribution in [0.25, 0.3) is 10.9 Å². The molecule has 2 atom stereocenters. The minimum absolute atomic E-state index is 0.0484. The zero-order chi connectivity index (χ0) is 19.9. The molecule has 8 heteroatoms. The summed E-state index contributed by atoms with van der Waals surface area (Å²) >= 11 is 12.3. The second kappa shape index (κ2) is 9.82. The number of fused-ring (bicyclic) bond motifs is 1. The van der Waals surface area contributed by atoms with Crippen molar-refractivity contribution in [2.45, 2.75) is 12.6 Å². The molecule has 0 saturated carbocycles. The van der Waals surface area contributed by atoms with E-state index in [9.17, 15) is 0 Å². The van der Waals surface area contributed by atoms with Gasteiger partial charge in [-0.25, -0.2) is 0 Å². The van der Waals surface area contributed by atoms with E-state index < -0.39 is 0 Å². The SMILES string of the molecule is Clc1ccc([C@@H]2OCCNC[C@H]2Cn2ncc3ccccc32)cc1Cl.O=C=O. The molecule has 146 valence electrons. The van der Waals surface area contributed by atoms with Gasteiger partial charge in [0, 0.05) is 30.9 Å². The van der Waals surface area contributed by atoms with Crippen LogP contribution < -0.4 is 5.32 Å². The van der Waals surface area contributed by atoms with E-state index >= 15 is 0 Å². The summed E-state index contributed by atoms with van der Waals surface area (Å²) in [5, 5.41) is 10.3. The van der Waals surface area contributed by atoms with Crippen molar-refractivity contribution >= 4 is 40.3 Å². The normalized spacial score (nSPS) is 19.4. The molecule has 1 aliphatic rings. The van der Waals surface area contributed by atoms with Gasteiger partial charge in [-0.15, -0.1) is 0 Å². The van der Waals surface area contributed by atoms with Gasteiger partial charge in [0.05, 0.1) is 34.5 Å². The molecule has 4 rings (SSSR count). The Morgan fingerprint density at radius 3 is 2.75 bits per heavy atom. The number of nitrogens with one attached hydrogen (secondary N) is 1. The maximum Gasteiger partial charge on any atom is 0.373 e. The van der Waals surface area contributed by atoms with Crippen molar-refractivity contribution in [3.8, 4) is 0 Å². The number of benzene rings is 2. The molecule has 2 heterocycles. The van der Waals surface area contributed by atoms with Gasteiger partial charge < -0.3 is 10.1 Å². The Balaban J connectivity index is 0.000000706. The average molecular weight is 420 g/mol. The first kappa shape index (κ1) is 20.5. The molecule has 3 aromatic rings. The number of ether oxygens (including phenoxy) is 1. The first-order valence-corrected chi connectivity index (χ1v) is 9.56. The minimum atomic E-state index is -0.0484. The van der Waals surface area contributed by atoms with Crippen LogP contribution in [-0.4, -0.2) is 35.6 Å². The number of hydrogen-bond donors (Lipinski definition) is 1. The van der Waals surface area contributed by atoms with Gasteiger partial charge in [0.15, 0.2) is 0 Å².